The van der Waals surface area contributed by atoms with E-state index >= 15 is 0 Å². The first kappa shape index (κ1) is 24.1. The number of ether oxygens (including phenoxy) is 1. The number of thioether (sulfide) groups is 1. The van der Waals surface area contributed by atoms with Crippen molar-refractivity contribution in [3.63, 3.8) is 0 Å². The van der Waals surface area contributed by atoms with Crippen LogP contribution in [0.3, 0.4) is 0 Å². The highest BCUT2D eigenvalue weighted by Crippen LogP contribution is 2.32. The highest BCUT2D eigenvalue weighted by molar-refractivity contribution is 8.18. The van der Waals surface area contributed by atoms with E-state index in [0.29, 0.717) is 29.1 Å². The minimum atomic E-state index is -0.978. The van der Waals surface area contributed by atoms with Gasteiger partial charge >= 0.3 is 0 Å². The summed E-state index contributed by atoms with van der Waals surface area (Å²) in [5.41, 5.74) is 1.10. The van der Waals surface area contributed by atoms with Gasteiger partial charge < -0.3 is 10.1 Å². The quantitative estimate of drug-likeness (QED) is 0.444. The van der Waals surface area contributed by atoms with Gasteiger partial charge in [0.15, 0.2) is 0 Å². The molecule has 0 bridgehead atoms. The van der Waals surface area contributed by atoms with E-state index in [9.17, 15) is 27.6 Å². The van der Waals surface area contributed by atoms with E-state index in [1.807, 2.05) is 0 Å². The predicted molar refractivity (Wildman–Crippen MR) is 125 cm³/mol. The summed E-state index contributed by atoms with van der Waals surface area (Å²) in [6.07, 6.45) is 1.49. The third kappa shape index (κ3) is 6.10. The number of nitrogens with one attached hydrogen (secondary N) is 1. The summed E-state index contributed by atoms with van der Waals surface area (Å²) in [5, 5.41) is 1.56. The standard InChI is InChI=1S/C25H17F3N2O4S/c26-17-6-4-15(5-7-17)14-34-19-3-1-2-16(10-19)11-22-24(32)30(25(33)35-22)13-23(31)29-21-9-8-18(27)12-20(21)28/h1-12H,13-14H2,(H,29,31). The van der Waals surface area contributed by atoms with Gasteiger partial charge in [0.1, 0.15) is 36.4 Å². The maximum absolute atomic E-state index is 13.7. The van der Waals surface area contributed by atoms with E-state index in [0.717, 1.165) is 22.6 Å². The summed E-state index contributed by atoms with van der Waals surface area (Å²) >= 11 is 0.666. The summed E-state index contributed by atoms with van der Waals surface area (Å²) in [6.45, 7) is -0.413. The van der Waals surface area contributed by atoms with Gasteiger partial charge in [-0.3, -0.25) is 19.3 Å². The molecule has 1 N–H and O–H groups in total. The Labute approximate surface area is 202 Å². The van der Waals surface area contributed by atoms with Crippen LogP contribution in [-0.4, -0.2) is 28.5 Å². The summed E-state index contributed by atoms with van der Waals surface area (Å²) in [7, 11) is 0. The lowest BCUT2D eigenvalue weighted by molar-refractivity contribution is -0.127. The van der Waals surface area contributed by atoms with Crippen LogP contribution in [0.15, 0.2) is 71.6 Å². The number of halogens is 3. The van der Waals surface area contributed by atoms with Crippen LogP contribution in [0.5, 0.6) is 5.75 Å². The molecule has 35 heavy (non-hydrogen) atoms. The Bertz CT molecular complexity index is 1330. The molecule has 0 aliphatic carbocycles. The van der Waals surface area contributed by atoms with Crippen molar-refractivity contribution < 1.29 is 32.3 Å². The van der Waals surface area contributed by atoms with Gasteiger partial charge in [-0.2, -0.15) is 0 Å². The summed E-state index contributed by atoms with van der Waals surface area (Å²) in [4.78, 5) is 38.1. The van der Waals surface area contributed by atoms with E-state index in [-0.39, 0.29) is 23.0 Å². The Morgan fingerprint density at radius 3 is 2.46 bits per heavy atom. The average Bonchev–Trinajstić information content (AvgIpc) is 3.08. The van der Waals surface area contributed by atoms with Crippen molar-refractivity contribution in [3.05, 3.63) is 100 Å². The van der Waals surface area contributed by atoms with Crippen molar-refractivity contribution in [1.82, 2.24) is 4.90 Å². The minimum absolute atomic E-state index is 0.103. The lowest BCUT2D eigenvalue weighted by Gasteiger charge is -2.12. The molecule has 0 aromatic heterocycles. The second-order valence-electron chi connectivity index (χ2n) is 7.43. The van der Waals surface area contributed by atoms with Crippen molar-refractivity contribution in [1.29, 1.82) is 0 Å². The number of benzene rings is 3. The van der Waals surface area contributed by atoms with E-state index in [1.165, 1.54) is 18.2 Å². The van der Waals surface area contributed by atoms with Crippen LogP contribution in [-0.2, 0) is 16.2 Å². The van der Waals surface area contributed by atoms with Crippen LogP contribution >= 0.6 is 11.8 Å². The number of carbonyl (C=O) groups excluding carboxylic acids is 3. The molecule has 0 saturated carbocycles. The number of hydrogen-bond donors (Lipinski definition) is 1. The third-order valence-corrected chi connectivity index (χ3v) is 5.76. The van der Waals surface area contributed by atoms with Gasteiger partial charge in [0.25, 0.3) is 11.1 Å². The van der Waals surface area contributed by atoms with Gasteiger partial charge in [0.2, 0.25) is 5.91 Å². The number of imide groups is 1. The monoisotopic (exact) mass is 498 g/mol. The number of amides is 3. The van der Waals surface area contributed by atoms with Gasteiger partial charge in [0, 0.05) is 6.07 Å². The molecule has 3 amide bonds. The number of hydrogen-bond acceptors (Lipinski definition) is 5. The molecular weight excluding hydrogens is 481 g/mol. The summed E-state index contributed by atoms with van der Waals surface area (Å²) in [5.74, 6) is -3.11. The number of nitrogens with zero attached hydrogens (tertiary/aromatic N) is 1. The molecule has 1 fully saturated rings. The maximum Gasteiger partial charge on any atom is 0.294 e. The maximum atomic E-state index is 13.7. The molecule has 1 aliphatic rings. The molecule has 1 heterocycles. The zero-order chi connectivity index (χ0) is 24.9. The van der Waals surface area contributed by atoms with Crippen molar-refractivity contribution in [2.45, 2.75) is 6.61 Å². The van der Waals surface area contributed by atoms with Crippen molar-refractivity contribution in [3.8, 4) is 5.75 Å². The molecule has 0 unspecified atom stereocenters. The first-order valence-corrected chi connectivity index (χ1v) is 11.1. The lowest BCUT2D eigenvalue weighted by atomic mass is 10.2. The van der Waals surface area contributed by atoms with E-state index < -0.39 is 35.2 Å². The van der Waals surface area contributed by atoms with Gasteiger partial charge in [0.05, 0.1) is 10.6 Å². The fraction of sp³-hybridized carbons (Fsp3) is 0.0800. The van der Waals surface area contributed by atoms with Crippen molar-refractivity contribution in [2.75, 3.05) is 11.9 Å². The van der Waals surface area contributed by atoms with Crippen LogP contribution in [0.25, 0.3) is 6.08 Å². The Morgan fingerprint density at radius 2 is 1.71 bits per heavy atom. The second kappa shape index (κ2) is 10.5. The van der Waals surface area contributed by atoms with Crippen molar-refractivity contribution in [2.24, 2.45) is 0 Å². The topological polar surface area (TPSA) is 75.7 Å². The second-order valence-corrected chi connectivity index (χ2v) is 8.42. The Balaban J connectivity index is 1.40. The summed E-state index contributed by atoms with van der Waals surface area (Å²) < 4.78 is 45.5. The molecule has 178 valence electrons. The molecule has 4 rings (SSSR count). The van der Waals surface area contributed by atoms with Crippen LogP contribution in [0, 0.1) is 17.5 Å². The number of carbonyl (C=O) groups is 3. The van der Waals surface area contributed by atoms with Crippen LogP contribution < -0.4 is 10.1 Å². The van der Waals surface area contributed by atoms with Crippen LogP contribution in [0.4, 0.5) is 23.7 Å². The molecule has 0 spiro atoms. The van der Waals surface area contributed by atoms with Gasteiger partial charge in [-0.25, -0.2) is 13.2 Å². The highest BCUT2D eigenvalue weighted by atomic mass is 32.2. The van der Waals surface area contributed by atoms with E-state index in [4.69, 9.17) is 4.74 Å². The molecule has 6 nitrogen and oxygen atoms in total. The average molecular weight is 498 g/mol. The van der Waals surface area contributed by atoms with Crippen molar-refractivity contribution >= 4 is 40.6 Å². The first-order chi connectivity index (χ1) is 16.8. The van der Waals surface area contributed by atoms with E-state index in [1.54, 1.807) is 36.4 Å². The smallest absolute Gasteiger partial charge is 0.294 e. The molecule has 3 aromatic carbocycles. The third-order valence-electron chi connectivity index (χ3n) is 4.86. The van der Waals surface area contributed by atoms with Crippen LogP contribution in [0.1, 0.15) is 11.1 Å². The fourth-order valence-corrected chi connectivity index (χ4v) is 3.99. The number of rotatable bonds is 7. The van der Waals surface area contributed by atoms with Gasteiger partial charge in [-0.1, -0.05) is 24.3 Å². The largest absolute Gasteiger partial charge is 0.489 e. The van der Waals surface area contributed by atoms with Crippen LogP contribution in [0.2, 0.25) is 0 Å². The Hall–Kier alpha value is -4.05. The fourth-order valence-electron chi connectivity index (χ4n) is 3.15. The molecular formula is C25H17F3N2O4S. The van der Waals surface area contributed by atoms with Gasteiger partial charge in [-0.15, -0.1) is 0 Å². The molecule has 1 aliphatic heterocycles. The predicted octanol–water partition coefficient (Wildman–Crippen LogP) is 5.36. The minimum Gasteiger partial charge on any atom is -0.489 e. The lowest BCUT2D eigenvalue weighted by Crippen LogP contribution is -2.36. The summed E-state index contributed by atoms with van der Waals surface area (Å²) in [6, 6.07) is 15.3. The zero-order valence-electron chi connectivity index (χ0n) is 18.0. The molecule has 3 aromatic rings. The van der Waals surface area contributed by atoms with Gasteiger partial charge in [-0.05, 0) is 65.4 Å². The normalized spacial score (nSPS) is 14.5. The number of anilines is 1. The first-order valence-electron chi connectivity index (χ1n) is 10.3. The van der Waals surface area contributed by atoms with E-state index in [2.05, 4.69) is 5.32 Å². The molecule has 0 radical (unpaired) electrons. The zero-order valence-corrected chi connectivity index (χ0v) is 18.8. The molecule has 1 saturated heterocycles. The highest BCUT2D eigenvalue weighted by Gasteiger charge is 2.36. The Kier molecular flexibility index (Phi) is 7.21. The Morgan fingerprint density at radius 1 is 0.971 bits per heavy atom. The molecule has 0 atom stereocenters. The SMILES string of the molecule is O=C(CN1C(=O)SC(=Cc2cccc(OCc3ccc(F)cc3)c2)C1=O)Nc1ccc(F)cc1F. The molecule has 10 heteroatoms.